The number of hydrogen-bond donors (Lipinski definition) is 1. The Morgan fingerprint density at radius 3 is 2.55 bits per heavy atom. The molecule has 0 amide bonds. The highest BCUT2D eigenvalue weighted by Crippen LogP contribution is 2.11. The minimum absolute atomic E-state index is 0.530. The van der Waals surface area contributed by atoms with Gasteiger partial charge in [-0.15, -0.1) is 0 Å². The quantitative estimate of drug-likeness (QED) is 0.830. The van der Waals surface area contributed by atoms with Crippen molar-refractivity contribution < 1.29 is 0 Å². The van der Waals surface area contributed by atoms with Gasteiger partial charge in [0.15, 0.2) is 0 Å². The molecule has 1 N–H and O–H groups in total. The van der Waals surface area contributed by atoms with E-state index in [0.29, 0.717) is 6.04 Å². The molecule has 0 saturated heterocycles. The summed E-state index contributed by atoms with van der Waals surface area (Å²) in [5, 5.41) is 3.60. The number of nitrogens with one attached hydrogen (secondary N) is 1. The summed E-state index contributed by atoms with van der Waals surface area (Å²) in [5.74, 6) is 0. The Morgan fingerprint density at radius 2 is 1.90 bits per heavy atom. The van der Waals surface area contributed by atoms with Gasteiger partial charge in [-0.2, -0.15) is 0 Å². The largest absolute Gasteiger partial charge is 0.314 e. The smallest absolute Gasteiger partial charge is 0.0299 e. The Labute approximate surface area is 122 Å². The maximum absolute atomic E-state index is 4.18. The third kappa shape index (κ3) is 4.78. The molecule has 0 saturated carbocycles. The van der Waals surface area contributed by atoms with Crippen molar-refractivity contribution in [2.45, 2.75) is 39.2 Å². The van der Waals surface area contributed by atoms with Crippen LogP contribution in [0.3, 0.4) is 0 Å². The average molecular weight is 268 g/mol. The number of aryl methyl sites for hydroxylation is 2. The summed E-state index contributed by atoms with van der Waals surface area (Å²) >= 11 is 0. The zero-order valence-corrected chi connectivity index (χ0v) is 12.5. The van der Waals surface area contributed by atoms with Gasteiger partial charge in [-0.25, -0.2) is 0 Å². The minimum atomic E-state index is 0.530. The summed E-state index contributed by atoms with van der Waals surface area (Å²) in [6, 6.07) is 13.6. The molecule has 1 unspecified atom stereocenters. The second kappa shape index (κ2) is 7.81. The summed E-state index contributed by atoms with van der Waals surface area (Å²) in [4.78, 5) is 4.18. The van der Waals surface area contributed by atoms with Gasteiger partial charge in [-0.05, 0) is 49.9 Å². The third-order valence-electron chi connectivity index (χ3n) is 3.60. The molecule has 2 heteroatoms. The Hall–Kier alpha value is -1.67. The molecule has 2 aromatic rings. The van der Waals surface area contributed by atoms with E-state index >= 15 is 0 Å². The highest BCUT2D eigenvalue weighted by Gasteiger charge is 2.08. The van der Waals surface area contributed by atoms with Gasteiger partial charge in [-0.3, -0.25) is 4.98 Å². The molecule has 20 heavy (non-hydrogen) atoms. The molecule has 0 aliphatic heterocycles. The van der Waals surface area contributed by atoms with E-state index < -0.39 is 0 Å². The molecule has 1 heterocycles. The molecule has 0 aliphatic carbocycles. The fourth-order valence-corrected chi connectivity index (χ4v) is 2.46. The number of rotatable bonds is 7. The van der Waals surface area contributed by atoms with Crippen molar-refractivity contribution in [3.05, 3.63) is 65.5 Å². The van der Waals surface area contributed by atoms with Gasteiger partial charge < -0.3 is 5.32 Å². The van der Waals surface area contributed by atoms with E-state index in [4.69, 9.17) is 0 Å². The standard InChI is InChI=1S/C18H24N2/c1-3-20-18(11-10-17-5-4-12-19-14-17)13-16-8-6-15(2)7-9-16/h4-9,12,14,18,20H,3,10-11,13H2,1-2H3. The molecular weight excluding hydrogens is 244 g/mol. The number of likely N-dealkylation sites (N-methyl/N-ethyl adjacent to an activating group) is 1. The monoisotopic (exact) mass is 268 g/mol. The van der Waals surface area contributed by atoms with E-state index in [1.54, 1.807) is 0 Å². The lowest BCUT2D eigenvalue weighted by atomic mass is 9.99. The Kier molecular flexibility index (Phi) is 5.75. The molecule has 1 aromatic carbocycles. The van der Waals surface area contributed by atoms with E-state index in [1.807, 2.05) is 18.5 Å². The van der Waals surface area contributed by atoms with E-state index in [1.165, 1.54) is 16.7 Å². The lowest BCUT2D eigenvalue weighted by molar-refractivity contribution is 0.491. The molecule has 0 aliphatic rings. The predicted molar refractivity (Wildman–Crippen MR) is 84.9 cm³/mol. The van der Waals surface area contributed by atoms with Crippen LogP contribution in [0, 0.1) is 6.92 Å². The van der Waals surface area contributed by atoms with E-state index in [2.05, 4.69) is 54.5 Å². The summed E-state index contributed by atoms with van der Waals surface area (Å²) in [5.41, 5.74) is 4.05. The van der Waals surface area contributed by atoms with Crippen LogP contribution in [0.2, 0.25) is 0 Å². The maximum atomic E-state index is 4.18. The lowest BCUT2D eigenvalue weighted by Gasteiger charge is -2.18. The molecule has 0 bridgehead atoms. The molecule has 106 valence electrons. The zero-order valence-electron chi connectivity index (χ0n) is 12.5. The molecule has 2 nitrogen and oxygen atoms in total. The Balaban J connectivity index is 1.91. The van der Waals surface area contributed by atoms with Crippen molar-refractivity contribution in [3.8, 4) is 0 Å². The summed E-state index contributed by atoms with van der Waals surface area (Å²) in [6.45, 7) is 5.32. The van der Waals surface area contributed by atoms with Gasteiger partial charge in [0.25, 0.3) is 0 Å². The van der Waals surface area contributed by atoms with E-state index in [-0.39, 0.29) is 0 Å². The summed E-state index contributed by atoms with van der Waals surface area (Å²) in [7, 11) is 0. The highest BCUT2D eigenvalue weighted by atomic mass is 14.9. The number of nitrogens with zero attached hydrogens (tertiary/aromatic N) is 1. The number of benzene rings is 1. The van der Waals surface area contributed by atoms with Gasteiger partial charge in [0.2, 0.25) is 0 Å². The predicted octanol–water partition coefficient (Wildman–Crippen LogP) is 3.54. The van der Waals surface area contributed by atoms with Gasteiger partial charge >= 0.3 is 0 Å². The highest BCUT2D eigenvalue weighted by molar-refractivity contribution is 5.22. The Morgan fingerprint density at radius 1 is 1.10 bits per heavy atom. The van der Waals surface area contributed by atoms with E-state index in [9.17, 15) is 0 Å². The van der Waals surface area contributed by atoms with Crippen molar-refractivity contribution in [1.82, 2.24) is 10.3 Å². The molecule has 2 rings (SSSR count). The van der Waals surface area contributed by atoms with Gasteiger partial charge in [0.1, 0.15) is 0 Å². The minimum Gasteiger partial charge on any atom is -0.314 e. The first kappa shape index (κ1) is 14.7. The van der Waals surface area contributed by atoms with Crippen molar-refractivity contribution in [3.63, 3.8) is 0 Å². The molecule has 0 radical (unpaired) electrons. The second-order valence-corrected chi connectivity index (χ2v) is 5.34. The molecular formula is C18H24N2. The van der Waals surface area contributed by atoms with Crippen LogP contribution in [0.1, 0.15) is 30.0 Å². The lowest BCUT2D eigenvalue weighted by Crippen LogP contribution is -2.31. The fraction of sp³-hybridized carbons (Fsp3) is 0.389. The fourth-order valence-electron chi connectivity index (χ4n) is 2.46. The molecule has 1 atom stereocenters. The average Bonchev–Trinajstić information content (AvgIpc) is 2.48. The SMILES string of the molecule is CCNC(CCc1cccnc1)Cc1ccc(C)cc1. The summed E-state index contributed by atoms with van der Waals surface area (Å²) < 4.78 is 0. The van der Waals surface area contributed by atoms with Crippen LogP contribution in [-0.4, -0.2) is 17.6 Å². The van der Waals surface area contributed by atoms with Gasteiger partial charge in [-0.1, -0.05) is 42.8 Å². The normalized spacial score (nSPS) is 12.3. The van der Waals surface area contributed by atoms with Crippen molar-refractivity contribution in [2.75, 3.05) is 6.54 Å². The molecule has 0 fully saturated rings. The van der Waals surface area contributed by atoms with Crippen LogP contribution >= 0.6 is 0 Å². The van der Waals surface area contributed by atoms with Gasteiger partial charge in [0.05, 0.1) is 0 Å². The number of aromatic nitrogens is 1. The molecule has 1 aromatic heterocycles. The van der Waals surface area contributed by atoms with Crippen LogP contribution in [-0.2, 0) is 12.8 Å². The van der Waals surface area contributed by atoms with Crippen LogP contribution in [0.25, 0.3) is 0 Å². The van der Waals surface area contributed by atoms with Crippen LogP contribution in [0.4, 0.5) is 0 Å². The zero-order chi connectivity index (χ0) is 14.2. The maximum Gasteiger partial charge on any atom is 0.0299 e. The van der Waals surface area contributed by atoms with E-state index in [0.717, 1.165) is 25.8 Å². The van der Waals surface area contributed by atoms with Gasteiger partial charge in [0, 0.05) is 18.4 Å². The van der Waals surface area contributed by atoms with Crippen LogP contribution in [0.5, 0.6) is 0 Å². The topological polar surface area (TPSA) is 24.9 Å². The first-order chi connectivity index (χ1) is 9.78. The van der Waals surface area contributed by atoms with Crippen molar-refractivity contribution >= 4 is 0 Å². The van der Waals surface area contributed by atoms with Crippen LogP contribution < -0.4 is 5.32 Å². The Bertz CT molecular complexity index is 491. The van der Waals surface area contributed by atoms with Crippen molar-refractivity contribution in [2.24, 2.45) is 0 Å². The van der Waals surface area contributed by atoms with Crippen LogP contribution in [0.15, 0.2) is 48.8 Å². The first-order valence-electron chi connectivity index (χ1n) is 7.45. The first-order valence-corrected chi connectivity index (χ1v) is 7.45. The second-order valence-electron chi connectivity index (χ2n) is 5.34. The molecule has 0 spiro atoms. The third-order valence-corrected chi connectivity index (χ3v) is 3.60. The summed E-state index contributed by atoms with van der Waals surface area (Å²) in [6.07, 6.45) is 7.12. The van der Waals surface area contributed by atoms with Crippen molar-refractivity contribution in [1.29, 1.82) is 0 Å². The number of hydrogen-bond acceptors (Lipinski definition) is 2. The number of pyridine rings is 1.